The predicted octanol–water partition coefficient (Wildman–Crippen LogP) is 5.62. The lowest BCUT2D eigenvalue weighted by molar-refractivity contribution is -0.169. The number of ketones is 1. The molecule has 0 aliphatic heterocycles. The van der Waals surface area contributed by atoms with Crippen molar-refractivity contribution in [3.63, 3.8) is 0 Å². The minimum atomic E-state index is -0.222. The van der Waals surface area contributed by atoms with Crippen molar-refractivity contribution in [3.8, 4) is 0 Å². The van der Waals surface area contributed by atoms with Gasteiger partial charge in [0.25, 0.3) is 0 Å². The zero-order valence-electron chi connectivity index (χ0n) is 20.1. The highest BCUT2D eigenvalue weighted by atomic mass is 16.3. The van der Waals surface area contributed by atoms with E-state index in [1.165, 1.54) is 25.7 Å². The Morgan fingerprint density at radius 3 is 2.40 bits per heavy atom. The minimum absolute atomic E-state index is 0.181. The second kappa shape index (κ2) is 8.18. The molecule has 172 valence electrons. The Bertz CT molecular complexity index is 644. The number of carbonyl (C=O) groups is 1. The molecule has 1 unspecified atom stereocenters. The number of rotatable bonds is 5. The van der Waals surface area contributed by atoms with Gasteiger partial charge in [-0.1, -0.05) is 34.6 Å². The van der Waals surface area contributed by atoms with Crippen LogP contribution in [0.4, 0.5) is 0 Å². The number of aliphatic hydroxyl groups excluding tert-OH is 2. The van der Waals surface area contributed by atoms with Crippen molar-refractivity contribution in [2.75, 3.05) is 0 Å². The first kappa shape index (κ1) is 22.8. The van der Waals surface area contributed by atoms with Crippen LogP contribution in [0.2, 0.25) is 0 Å². The van der Waals surface area contributed by atoms with E-state index in [0.29, 0.717) is 59.0 Å². The summed E-state index contributed by atoms with van der Waals surface area (Å²) >= 11 is 0. The fourth-order valence-electron chi connectivity index (χ4n) is 8.96. The third-order valence-corrected chi connectivity index (χ3v) is 10.9. The molecule has 0 bridgehead atoms. The summed E-state index contributed by atoms with van der Waals surface area (Å²) in [6.45, 7) is 11.6. The van der Waals surface area contributed by atoms with Gasteiger partial charge in [-0.05, 0) is 104 Å². The molecule has 4 aliphatic rings. The molecule has 0 radical (unpaired) electrons. The SMILES string of the molecule is CC(C)[C@H](O)CCC(C)[C@H]1CC[C@H]2[C@@H]3[C@H](O)C[C@H]4CC(=O)CC[C@]4(C)[C@H]3CC[C@]12C. The molecule has 3 heteroatoms. The summed E-state index contributed by atoms with van der Waals surface area (Å²) in [6, 6.07) is 0. The van der Waals surface area contributed by atoms with Crippen LogP contribution < -0.4 is 0 Å². The van der Waals surface area contributed by atoms with E-state index in [4.69, 9.17) is 0 Å². The highest BCUT2D eigenvalue weighted by Gasteiger charge is 2.62. The van der Waals surface area contributed by atoms with E-state index >= 15 is 0 Å². The lowest BCUT2D eigenvalue weighted by Gasteiger charge is -2.62. The van der Waals surface area contributed by atoms with Crippen molar-refractivity contribution < 1.29 is 15.0 Å². The molecule has 4 rings (SSSR count). The van der Waals surface area contributed by atoms with Gasteiger partial charge in [0.05, 0.1) is 12.2 Å². The molecule has 0 aromatic rings. The summed E-state index contributed by atoms with van der Waals surface area (Å²) < 4.78 is 0. The van der Waals surface area contributed by atoms with Crippen molar-refractivity contribution in [2.45, 2.75) is 111 Å². The monoisotopic (exact) mass is 418 g/mol. The second-order valence-electron chi connectivity index (χ2n) is 12.6. The Morgan fingerprint density at radius 1 is 1.00 bits per heavy atom. The van der Waals surface area contributed by atoms with E-state index in [0.717, 1.165) is 32.1 Å². The highest BCUT2D eigenvalue weighted by Crippen LogP contribution is 2.68. The van der Waals surface area contributed by atoms with Gasteiger partial charge in [-0.25, -0.2) is 0 Å². The third kappa shape index (κ3) is 3.60. The maximum atomic E-state index is 12.1. The average Bonchev–Trinajstić information content (AvgIpc) is 3.04. The largest absolute Gasteiger partial charge is 0.393 e. The third-order valence-electron chi connectivity index (χ3n) is 10.9. The molecule has 3 nitrogen and oxygen atoms in total. The normalized spacial score (nSPS) is 48.1. The summed E-state index contributed by atoms with van der Waals surface area (Å²) in [7, 11) is 0. The summed E-state index contributed by atoms with van der Waals surface area (Å²) in [5.74, 6) is 4.16. The van der Waals surface area contributed by atoms with Crippen molar-refractivity contribution >= 4 is 5.78 Å². The quantitative estimate of drug-likeness (QED) is 0.609. The molecule has 0 aromatic carbocycles. The number of fused-ring (bicyclic) bond motifs is 5. The first-order valence-corrected chi connectivity index (χ1v) is 13.0. The molecule has 10 atom stereocenters. The molecule has 4 fully saturated rings. The summed E-state index contributed by atoms with van der Waals surface area (Å²) in [5, 5.41) is 21.6. The van der Waals surface area contributed by atoms with E-state index in [9.17, 15) is 15.0 Å². The van der Waals surface area contributed by atoms with Crippen molar-refractivity contribution in [3.05, 3.63) is 0 Å². The number of aliphatic hydroxyl groups is 2. The van der Waals surface area contributed by atoms with Gasteiger partial charge < -0.3 is 10.2 Å². The fourth-order valence-corrected chi connectivity index (χ4v) is 8.96. The Kier molecular flexibility index (Phi) is 6.21. The van der Waals surface area contributed by atoms with E-state index in [2.05, 4.69) is 34.6 Å². The zero-order chi connectivity index (χ0) is 21.8. The number of hydrogen-bond acceptors (Lipinski definition) is 3. The molecule has 0 saturated heterocycles. The molecule has 2 N–H and O–H groups in total. The van der Waals surface area contributed by atoms with Crippen LogP contribution >= 0.6 is 0 Å². The first-order chi connectivity index (χ1) is 14.1. The van der Waals surface area contributed by atoms with Crippen molar-refractivity contribution in [2.24, 2.45) is 52.3 Å². The smallest absolute Gasteiger partial charge is 0.133 e. The van der Waals surface area contributed by atoms with Crippen LogP contribution in [0.1, 0.15) is 98.8 Å². The van der Waals surface area contributed by atoms with Crippen LogP contribution in [0.15, 0.2) is 0 Å². The molecule has 0 heterocycles. The Hall–Kier alpha value is -0.410. The van der Waals surface area contributed by atoms with Gasteiger partial charge >= 0.3 is 0 Å². The molecule has 0 spiro atoms. The van der Waals surface area contributed by atoms with Crippen LogP contribution in [0, 0.1) is 52.3 Å². The molecule has 30 heavy (non-hydrogen) atoms. The van der Waals surface area contributed by atoms with Crippen LogP contribution in [0.3, 0.4) is 0 Å². The highest BCUT2D eigenvalue weighted by molar-refractivity contribution is 5.79. The van der Waals surface area contributed by atoms with Crippen LogP contribution in [-0.2, 0) is 4.79 Å². The summed E-state index contributed by atoms with van der Waals surface area (Å²) in [4.78, 5) is 12.1. The Balaban J connectivity index is 1.51. The van der Waals surface area contributed by atoms with Gasteiger partial charge in [-0.3, -0.25) is 4.79 Å². The van der Waals surface area contributed by atoms with Crippen molar-refractivity contribution in [1.82, 2.24) is 0 Å². The van der Waals surface area contributed by atoms with Crippen LogP contribution in [0.25, 0.3) is 0 Å². The molecular formula is C27H46O3. The maximum absolute atomic E-state index is 12.1. The lowest BCUT2D eigenvalue weighted by Crippen LogP contribution is -2.58. The van der Waals surface area contributed by atoms with E-state index in [1.54, 1.807) is 0 Å². The van der Waals surface area contributed by atoms with Crippen LogP contribution in [-0.4, -0.2) is 28.2 Å². The standard InChI is InChI=1S/C27H46O3/c1-16(2)23(29)9-6-17(3)20-7-8-21-25-22(11-13-27(20,21)5)26(4)12-10-19(28)14-18(26)15-24(25)30/h16-18,20-25,29-30H,6-15H2,1-5H3/t17?,18-,20-,21+,22+,23-,24-,25+,26+,27-/m1/s1. The second-order valence-corrected chi connectivity index (χ2v) is 12.6. The Labute approximate surface area is 184 Å². The average molecular weight is 419 g/mol. The summed E-state index contributed by atoms with van der Waals surface area (Å²) in [6.07, 6.45) is 10.0. The molecule has 4 aliphatic carbocycles. The Morgan fingerprint density at radius 2 is 1.70 bits per heavy atom. The van der Waals surface area contributed by atoms with Crippen molar-refractivity contribution in [1.29, 1.82) is 0 Å². The van der Waals surface area contributed by atoms with Gasteiger partial charge in [-0.15, -0.1) is 0 Å². The topological polar surface area (TPSA) is 57.5 Å². The molecule has 0 aromatic heterocycles. The molecule has 0 amide bonds. The van der Waals surface area contributed by atoms with E-state index in [1.807, 2.05) is 0 Å². The minimum Gasteiger partial charge on any atom is -0.393 e. The molecular weight excluding hydrogens is 372 g/mol. The van der Waals surface area contributed by atoms with E-state index < -0.39 is 0 Å². The van der Waals surface area contributed by atoms with Gasteiger partial charge in [0, 0.05) is 12.8 Å². The van der Waals surface area contributed by atoms with Gasteiger partial charge in [0.15, 0.2) is 0 Å². The number of carbonyl (C=O) groups excluding carboxylic acids is 1. The number of hydrogen-bond donors (Lipinski definition) is 2. The molecule has 4 saturated carbocycles. The van der Waals surface area contributed by atoms with Gasteiger partial charge in [0.2, 0.25) is 0 Å². The first-order valence-electron chi connectivity index (χ1n) is 13.0. The van der Waals surface area contributed by atoms with Gasteiger partial charge in [-0.2, -0.15) is 0 Å². The fraction of sp³-hybridized carbons (Fsp3) is 0.963. The lowest BCUT2D eigenvalue weighted by atomic mass is 9.44. The van der Waals surface area contributed by atoms with Crippen LogP contribution in [0.5, 0.6) is 0 Å². The van der Waals surface area contributed by atoms with Gasteiger partial charge in [0.1, 0.15) is 5.78 Å². The maximum Gasteiger partial charge on any atom is 0.133 e. The summed E-state index contributed by atoms with van der Waals surface area (Å²) in [5.41, 5.74) is 0.586. The predicted molar refractivity (Wildman–Crippen MR) is 121 cm³/mol. The van der Waals surface area contributed by atoms with E-state index in [-0.39, 0.29) is 17.6 Å². The zero-order valence-corrected chi connectivity index (χ0v) is 20.1. The number of Topliss-reactive ketones (excluding diaryl/α,β-unsaturated/α-hetero) is 1.